The van der Waals surface area contributed by atoms with Crippen LogP contribution in [-0.2, 0) is 19.9 Å². The zero-order valence-corrected chi connectivity index (χ0v) is 17.1. The summed E-state index contributed by atoms with van der Waals surface area (Å²) < 4.78 is 51.1. The predicted octanol–water partition coefficient (Wildman–Crippen LogP) is 2.39. The summed E-state index contributed by atoms with van der Waals surface area (Å²) in [6.07, 6.45) is 6.40. The Hall–Kier alpha value is -0.960. The van der Waals surface area contributed by atoms with E-state index in [1.807, 2.05) is 12.1 Å². The SMILES string of the molecule is CN(C)N([C@H]1CCS(=O)(=O)C1)S(=O)(=O)c1ccc(C2CCCCC2)cc1. The van der Waals surface area contributed by atoms with Crippen LogP contribution < -0.4 is 0 Å². The van der Waals surface area contributed by atoms with Gasteiger partial charge in [-0.2, -0.15) is 0 Å². The third-order valence-corrected chi connectivity index (χ3v) is 9.15. The van der Waals surface area contributed by atoms with Gasteiger partial charge in [0.15, 0.2) is 9.84 Å². The van der Waals surface area contributed by atoms with Crippen molar-refractivity contribution in [3.63, 3.8) is 0 Å². The fourth-order valence-electron chi connectivity index (χ4n) is 4.14. The number of hydrogen-bond donors (Lipinski definition) is 0. The average molecular weight is 401 g/mol. The lowest BCUT2D eigenvalue weighted by atomic mass is 9.84. The molecule has 1 aliphatic heterocycles. The Morgan fingerprint density at radius 1 is 0.962 bits per heavy atom. The molecule has 0 aromatic heterocycles. The van der Waals surface area contributed by atoms with Gasteiger partial charge in [0.1, 0.15) is 0 Å². The van der Waals surface area contributed by atoms with Gasteiger partial charge in [0.05, 0.1) is 22.4 Å². The Balaban J connectivity index is 1.85. The molecule has 1 aromatic carbocycles. The van der Waals surface area contributed by atoms with Crippen molar-refractivity contribution in [1.82, 2.24) is 9.42 Å². The molecule has 0 bridgehead atoms. The maximum absolute atomic E-state index is 13.1. The molecule has 2 aliphatic rings. The second-order valence-electron chi connectivity index (χ2n) is 7.59. The van der Waals surface area contributed by atoms with Crippen LogP contribution >= 0.6 is 0 Å². The predicted molar refractivity (Wildman–Crippen MR) is 102 cm³/mol. The second-order valence-corrected chi connectivity index (χ2v) is 11.6. The van der Waals surface area contributed by atoms with E-state index in [1.54, 1.807) is 26.2 Å². The first kappa shape index (κ1) is 19.8. The van der Waals surface area contributed by atoms with Crippen molar-refractivity contribution in [2.45, 2.75) is 55.4 Å². The zero-order valence-electron chi connectivity index (χ0n) is 15.5. The largest absolute Gasteiger partial charge is 0.256 e. The van der Waals surface area contributed by atoms with Gasteiger partial charge in [0.2, 0.25) is 0 Å². The van der Waals surface area contributed by atoms with Crippen LogP contribution in [0.4, 0.5) is 0 Å². The summed E-state index contributed by atoms with van der Waals surface area (Å²) in [4.78, 5) is 0.218. The molecule has 6 nitrogen and oxygen atoms in total. The molecule has 8 heteroatoms. The molecular formula is C18H28N2O4S2. The number of hydrazine groups is 1. The molecule has 0 amide bonds. The van der Waals surface area contributed by atoms with Crippen molar-refractivity contribution >= 4 is 19.9 Å². The molecule has 1 saturated heterocycles. The van der Waals surface area contributed by atoms with Crippen molar-refractivity contribution in [2.24, 2.45) is 0 Å². The number of benzene rings is 1. The van der Waals surface area contributed by atoms with Crippen LogP contribution in [0.1, 0.15) is 50.0 Å². The van der Waals surface area contributed by atoms with Crippen LogP contribution in [0, 0.1) is 0 Å². The smallest absolute Gasteiger partial charge is 0.234 e. The highest BCUT2D eigenvalue weighted by atomic mass is 32.2. The quantitative estimate of drug-likeness (QED) is 0.710. The van der Waals surface area contributed by atoms with Crippen LogP contribution in [0.3, 0.4) is 0 Å². The Labute approximate surface area is 157 Å². The van der Waals surface area contributed by atoms with Crippen molar-refractivity contribution in [3.05, 3.63) is 29.8 Å². The van der Waals surface area contributed by atoms with Crippen molar-refractivity contribution in [3.8, 4) is 0 Å². The lowest BCUT2D eigenvalue weighted by molar-refractivity contribution is 0.0893. The van der Waals surface area contributed by atoms with E-state index in [0.717, 1.165) is 12.8 Å². The molecule has 1 aliphatic carbocycles. The summed E-state index contributed by atoms with van der Waals surface area (Å²) in [7, 11) is -3.68. The number of hydrogen-bond acceptors (Lipinski definition) is 5. The fraction of sp³-hybridized carbons (Fsp3) is 0.667. The standard InChI is InChI=1S/C18H28N2O4S2/c1-19(2)20(17-12-13-25(21,22)14-17)26(23,24)18-10-8-16(9-11-18)15-6-4-3-5-7-15/h8-11,15,17H,3-7,12-14H2,1-2H3/t17-/m0/s1. The first-order chi connectivity index (χ1) is 12.2. The van der Waals surface area contributed by atoms with E-state index in [1.165, 1.54) is 34.2 Å². The molecular weight excluding hydrogens is 372 g/mol. The summed E-state index contributed by atoms with van der Waals surface area (Å²) in [6, 6.07) is 6.63. The number of rotatable bonds is 5. The molecule has 1 atom stereocenters. The minimum atomic E-state index is -3.79. The summed E-state index contributed by atoms with van der Waals surface area (Å²) >= 11 is 0. The van der Waals surface area contributed by atoms with Gasteiger partial charge in [-0.05, 0) is 42.9 Å². The first-order valence-electron chi connectivity index (χ1n) is 9.23. The van der Waals surface area contributed by atoms with E-state index in [0.29, 0.717) is 12.3 Å². The minimum Gasteiger partial charge on any atom is -0.234 e. The topological polar surface area (TPSA) is 74.8 Å². The van der Waals surface area contributed by atoms with E-state index in [2.05, 4.69) is 0 Å². The number of sulfonamides is 1. The molecule has 146 valence electrons. The Kier molecular flexibility index (Phi) is 5.77. The van der Waals surface area contributed by atoms with E-state index in [4.69, 9.17) is 0 Å². The summed E-state index contributed by atoms with van der Waals surface area (Å²) in [5.41, 5.74) is 1.20. The number of nitrogens with zero attached hydrogens (tertiary/aromatic N) is 2. The third kappa shape index (κ3) is 4.13. The molecule has 3 rings (SSSR count). The van der Waals surface area contributed by atoms with Crippen LogP contribution in [0.5, 0.6) is 0 Å². The van der Waals surface area contributed by atoms with Gasteiger partial charge >= 0.3 is 0 Å². The highest BCUT2D eigenvalue weighted by Crippen LogP contribution is 2.33. The summed E-state index contributed by atoms with van der Waals surface area (Å²) in [5, 5.41) is 1.48. The van der Waals surface area contributed by atoms with Gasteiger partial charge in [-0.3, -0.25) is 0 Å². The molecule has 0 unspecified atom stereocenters. The molecule has 1 aromatic rings. The highest BCUT2D eigenvalue weighted by Gasteiger charge is 2.40. The first-order valence-corrected chi connectivity index (χ1v) is 12.5. The van der Waals surface area contributed by atoms with E-state index in [-0.39, 0.29) is 16.4 Å². The Morgan fingerprint density at radius 3 is 2.08 bits per heavy atom. The van der Waals surface area contributed by atoms with Crippen LogP contribution in [0.15, 0.2) is 29.2 Å². The number of sulfone groups is 1. The summed E-state index contributed by atoms with van der Waals surface area (Å²) in [6.45, 7) is 0. The molecule has 1 saturated carbocycles. The third-order valence-electron chi connectivity index (χ3n) is 5.42. The maximum atomic E-state index is 13.1. The molecule has 0 radical (unpaired) electrons. The van der Waals surface area contributed by atoms with Gasteiger partial charge in [-0.25, -0.2) is 21.8 Å². The normalized spacial score (nSPS) is 24.4. The molecule has 0 N–H and O–H groups in total. The van der Waals surface area contributed by atoms with Crippen LogP contribution in [0.25, 0.3) is 0 Å². The van der Waals surface area contributed by atoms with Crippen molar-refractivity contribution in [2.75, 3.05) is 25.6 Å². The van der Waals surface area contributed by atoms with Crippen LogP contribution in [0.2, 0.25) is 0 Å². The Morgan fingerprint density at radius 2 is 1.58 bits per heavy atom. The van der Waals surface area contributed by atoms with E-state index < -0.39 is 25.9 Å². The Bertz CT molecular complexity index is 826. The van der Waals surface area contributed by atoms with Crippen molar-refractivity contribution in [1.29, 1.82) is 0 Å². The summed E-state index contributed by atoms with van der Waals surface area (Å²) in [5.74, 6) is 0.438. The van der Waals surface area contributed by atoms with Crippen LogP contribution in [-0.4, -0.2) is 57.9 Å². The fourth-order valence-corrected chi connectivity index (χ4v) is 7.63. The van der Waals surface area contributed by atoms with Gasteiger partial charge in [-0.1, -0.05) is 31.4 Å². The van der Waals surface area contributed by atoms with Gasteiger partial charge in [0, 0.05) is 14.1 Å². The average Bonchev–Trinajstić information content (AvgIpc) is 2.94. The second kappa shape index (κ2) is 7.58. The van der Waals surface area contributed by atoms with E-state index in [9.17, 15) is 16.8 Å². The van der Waals surface area contributed by atoms with E-state index >= 15 is 0 Å². The molecule has 0 spiro atoms. The lowest BCUT2D eigenvalue weighted by Gasteiger charge is -2.32. The maximum Gasteiger partial charge on any atom is 0.256 e. The minimum absolute atomic E-state index is 0.0398. The van der Waals surface area contributed by atoms with Gasteiger partial charge < -0.3 is 0 Å². The molecule has 26 heavy (non-hydrogen) atoms. The molecule has 1 heterocycles. The molecule has 2 fully saturated rings. The monoisotopic (exact) mass is 400 g/mol. The highest BCUT2D eigenvalue weighted by molar-refractivity contribution is 7.92. The lowest BCUT2D eigenvalue weighted by Crippen LogP contribution is -2.49. The van der Waals surface area contributed by atoms with Gasteiger partial charge in [0.25, 0.3) is 10.0 Å². The zero-order chi connectivity index (χ0) is 18.9. The van der Waals surface area contributed by atoms with Gasteiger partial charge in [-0.15, -0.1) is 4.41 Å². The van der Waals surface area contributed by atoms with Crippen molar-refractivity contribution < 1.29 is 16.8 Å².